The molecule has 1 atom stereocenters. The van der Waals surface area contributed by atoms with Crippen LogP contribution in [-0.2, 0) is 4.79 Å². The van der Waals surface area contributed by atoms with E-state index in [4.69, 9.17) is 11.6 Å². The van der Waals surface area contributed by atoms with Gasteiger partial charge in [-0.05, 0) is 24.6 Å². The van der Waals surface area contributed by atoms with Crippen LogP contribution in [0.1, 0.15) is 20.3 Å². The number of carbonyl (C=O) groups is 1. The average Bonchev–Trinajstić information content (AvgIpc) is 2.16. The number of amides is 1. The Morgan fingerprint density at radius 1 is 1.57 bits per heavy atom. The van der Waals surface area contributed by atoms with Crippen molar-refractivity contribution in [3.8, 4) is 0 Å². The fourth-order valence-corrected chi connectivity index (χ4v) is 1.21. The van der Waals surface area contributed by atoms with Crippen LogP contribution in [0.4, 0.5) is 5.69 Å². The van der Waals surface area contributed by atoms with Crippen LogP contribution in [0.2, 0.25) is 5.02 Å². The lowest BCUT2D eigenvalue weighted by Crippen LogP contribution is -2.19. The Kier molecular flexibility index (Phi) is 3.96. The van der Waals surface area contributed by atoms with E-state index in [1.54, 1.807) is 12.1 Å². The highest BCUT2D eigenvalue weighted by atomic mass is 35.5. The van der Waals surface area contributed by atoms with Crippen molar-refractivity contribution in [1.82, 2.24) is 0 Å². The summed E-state index contributed by atoms with van der Waals surface area (Å²) >= 11 is 5.79. The van der Waals surface area contributed by atoms with E-state index in [2.05, 4.69) is 5.32 Å². The van der Waals surface area contributed by atoms with Gasteiger partial charge in [0.05, 0.1) is 0 Å². The highest BCUT2D eigenvalue weighted by Gasteiger charge is 2.09. The molecule has 0 radical (unpaired) electrons. The number of halogens is 1. The molecule has 1 aromatic rings. The molecule has 0 spiro atoms. The van der Waals surface area contributed by atoms with Crippen LogP contribution in [0.3, 0.4) is 0 Å². The Morgan fingerprint density at radius 2 is 2.29 bits per heavy atom. The molecule has 0 saturated carbocycles. The third-order valence-electron chi connectivity index (χ3n) is 2.15. The van der Waals surface area contributed by atoms with Crippen molar-refractivity contribution in [2.75, 3.05) is 5.32 Å². The van der Waals surface area contributed by atoms with E-state index >= 15 is 0 Å². The highest BCUT2D eigenvalue weighted by molar-refractivity contribution is 6.30. The number of carbonyl (C=O) groups excluding carboxylic acids is 1. The molecule has 76 valence electrons. The molecule has 1 unspecified atom stereocenters. The van der Waals surface area contributed by atoms with Crippen molar-refractivity contribution in [3.05, 3.63) is 29.3 Å². The first-order valence-corrected chi connectivity index (χ1v) is 5.07. The molecule has 1 N–H and O–H groups in total. The predicted molar refractivity (Wildman–Crippen MR) is 59.5 cm³/mol. The zero-order chi connectivity index (χ0) is 10.6. The summed E-state index contributed by atoms with van der Waals surface area (Å²) in [5.41, 5.74) is 0.753. The number of hydrogen-bond acceptors (Lipinski definition) is 1. The van der Waals surface area contributed by atoms with E-state index in [9.17, 15) is 4.79 Å². The van der Waals surface area contributed by atoms with Gasteiger partial charge in [-0.3, -0.25) is 4.79 Å². The van der Waals surface area contributed by atoms with Crippen molar-refractivity contribution in [2.24, 2.45) is 5.92 Å². The lowest BCUT2D eigenvalue weighted by atomic mass is 10.1. The first-order valence-electron chi connectivity index (χ1n) is 4.70. The van der Waals surface area contributed by atoms with Crippen molar-refractivity contribution >= 4 is 23.2 Å². The maximum Gasteiger partial charge on any atom is 0.227 e. The standard InChI is InChI=1S/C11H14ClNO/c1-3-8(2)11(14)13-10-6-4-5-9(12)7-10/h4-8H,3H2,1-2H3,(H,13,14). The van der Waals surface area contributed by atoms with Crippen LogP contribution in [0.25, 0.3) is 0 Å². The molecule has 0 fully saturated rings. The van der Waals surface area contributed by atoms with E-state index in [0.29, 0.717) is 5.02 Å². The quantitative estimate of drug-likeness (QED) is 0.817. The van der Waals surface area contributed by atoms with E-state index in [1.165, 1.54) is 0 Å². The van der Waals surface area contributed by atoms with Crippen molar-refractivity contribution in [2.45, 2.75) is 20.3 Å². The molecule has 14 heavy (non-hydrogen) atoms. The zero-order valence-electron chi connectivity index (χ0n) is 8.38. The molecule has 2 nitrogen and oxygen atoms in total. The van der Waals surface area contributed by atoms with Gasteiger partial charge in [0.2, 0.25) is 5.91 Å². The molecule has 0 saturated heterocycles. The average molecular weight is 212 g/mol. The van der Waals surface area contributed by atoms with Gasteiger partial charge < -0.3 is 5.32 Å². The number of nitrogens with one attached hydrogen (secondary N) is 1. The Hall–Kier alpha value is -1.02. The van der Waals surface area contributed by atoms with Gasteiger partial charge in [0.15, 0.2) is 0 Å². The fourth-order valence-electron chi connectivity index (χ4n) is 1.02. The summed E-state index contributed by atoms with van der Waals surface area (Å²) in [7, 11) is 0. The monoisotopic (exact) mass is 211 g/mol. The number of anilines is 1. The molecule has 0 aliphatic heterocycles. The molecule has 1 amide bonds. The third kappa shape index (κ3) is 3.04. The molecule has 3 heteroatoms. The number of rotatable bonds is 3. The lowest BCUT2D eigenvalue weighted by molar-refractivity contribution is -0.119. The topological polar surface area (TPSA) is 29.1 Å². The van der Waals surface area contributed by atoms with Crippen molar-refractivity contribution in [1.29, 1.82) is 0 Å². The summed E-state index contributed by atoms with van der Waals surface area (Å²) in [6, 6.07) is 7.16. The Labute approximate surface area is 89.3 Å². The lowest BCUT2D eigenvalue weighted by Gasteiger charge is -2.09. The second-order valence-electron chi connectivity index (χ2n) is 3.31. The summed E-state index contributed by atoms with van der Waals surface area (Å²) in [5, 5.41) is 3.44. The molecule has 0 bridgehead atoms. The van der Waals surface area contributed by atoms with Gasteiger partial charge in [-0.2, -0.15) is 0 Å². The Bertz CT molecular complexity index is 325. The number of hydrogen-bond donors (Lipinski definition) is 1. The summed E-state index contributed by atoms with van der Waals surface area (Å²) in [6.45, 7) is 3.89. The number of benzene rings is 1. The smallest absolute Gasteiger partial charge is 0.227 e. The maximum absolute atomic E-state index is 11.5. The van der Waals surface area contributed by atoms with E-state index in [-0.39, 0.29) is 11.8 Å². The van der Waals surface area contributed by atoms with Gasteiger partial charge in [-0.25, -0.2) is 0 Å². The Balaban J connectivity index is 2.65. The maximum atomic E-state index is 11.5. The van der Waals surface area contributed by atoms with Gasteiger partial charge in [0.25, 0.3) is 0 Å². The molecule has 1 aromatic carbocycles. The molecule has 0 aliphatic rings. The second-order valence-corrected chi connectivity index (χ2v) is 3.75. The van der Waals surface area contributed by atoms with Gasteiger partial charge in [0.1, 0.15) is 0 Å². The van der Waals surface area contributed by atoms with E-state index in [1.807, 2.05) is 26.0 Å². The zero-order valence-corrected chi connectivity index (χ0v) is 9.14. The van der Waals surface area contributed by atoms with Gasteiger partial charge >= 0.3 is 0 Å². The van der Waals surface area contributed by atoms with Gasteiger partial charge in [0, 0.05) is 16.6 Å². The minimum absolute atomic E-state index is 0.0361. The second kappa shape index (κ2) is 5.01. The minimum Gasteiger partial charge on any atom is -0.326 e. The largest absolute Gasteiger partial charge is 0.326 e. The van der Waals surface area contributed by atoms with Crippen LogP contribution in [0.15, 0.2) is 24.3 Å². The van der Waals surface area contributed by atoms with E-state index in [0.717, 1.165) is 12.1 Å². The molecular formula is C11H14ClNO. The predicted octanol–water partition coefficient (Wildman–Crippen LogP) is 3.32. The summed E-state index contributed by atoms with van der Waals surface area (Å²) in [4.78, 5) is 11.5. The molecule has 0 aliphatic carbocycles. The van der Waals surface area contributed by atoms with Crippen molar-refractivity contribution < 1.29 is 4.79 Å². The molecule has 1 rings (SSSR count). The van der Waals surface area contributed by atoms with Crippen LogP contribution in [-0.4, -0.2) is 5.91 Å². The molecule has 0 aromatic heterocycles. The molecule has 0 heterocycles. The molecular weight excluding hydrogens is 198 g/mol. The van der Waals surface area contributed by atoms with Crippen LogP contribution < -0.4 is 5.32 Å². The van der Waals surface area contributed by atoms with Crippen LogP contribution >= 0.6 is 11.6 Å². The van der Waals surface area contributed by atoms with Gasteiger partial charge in [-0.15, -0.1) is 0 Å². The van der Waals surface area contributed by atoms with Crippen molar-refractivity contribution in [3.63, 3.8) is 0 Å². The summed E-state index contributed by atoms with van der Waals surface area (Å²) in [5.74, 6) is 0.0729. The SMILES string of the molecule is CCC(C)C(=O)Nc1cccc(Cl)c1. The first-order chi connectivity index (χ1) is 6.63. The third-order valence-corrected chi connectivity index (χ3v) is 2.39. The minimum atomic E-state index is 0.0361. The summed E-state index contributed by atoms with van der Waals surface area (Å²) < 4.78 is 0. The Morgan fingerprint density at radius 3 is 2.86 bits per heavy atom. The normalized spacial score (nSPS) is 12.2. The van der Waals surface area contributed by atoms with Crippen LogP contribution in [0, 0.1) is 5.92 Å². The van der Waals surface area contributed by atoms with Crippen LogP contribution in [0.5, 0.6) is 0 Å². The van der Waals surface area contributed by atoms with Gasteiger partial charge in [-0.1, -0.05) is 31.5 Å². The fraction of sp³-hybridized carbons (Fsp3) is 0.364. The highest BCUT2D eigenvalue weighted by Crippen LogP contribution is 2.16. The first kappa shape index (κ1) is 11.1. The van der Waals surface area contributed by atoms with E-state index < -0.39 is 0 Å². The summed E-state index contributed by atoms with van der Waals surface area (Å²) in [6.07, 6.45) is 0.840.